The van der Waals surface area contributed by atoms with Crippen LogP contribution in [0.15, 0.2) is 22.7 Å². The largest absolute Gasteiger partial charge is 0.496 e. The molecular weight excluding hydrogens is 318 g/mol. The van der Waals surface area contributed by atoms with Crippen molar-refractivity contribution >= 4 is 15.9 Å². The maximum absolute atomic E-state index is 5.30. The van der Waals surface area contributed by atoms with E-state index in [-0.39, 0.29) is 0 Å². The van der Waals surface area contributed by atoms with E-state index < -0.39 is 0 Å². The minimum Gasteiger partial charge on any atom is -0.496 e. The summed E-state index contributed by atoms with van der Waals surface area (Å²) < 4.78 is 11.5. The minimum absolute atomic E-state index is 0.340. The molecule has 114 valence electrons. The summed E-state index contributed by atoms with van der Waals surface area (Å²) in [5.74, 6) is 1.38. The molecule has 0 fully saturated rings. The fraction of sp³-hybridized carbons (Fsp3) is 0.625. The van der Waals surface area contributed by atoms with Gasteiger partial charge in [0.1, 0.15) is 5.75 Å². The summed E-state index contributed by atoms with van der Waals surface area (Å²) in [6.45, 7) is 6.27. The van der Waals surface area contributed by atoms with Crippen molar-refractivity contribution in [3.05, 3.63) is 28.2 Å². The standard InChI is InChI=1S/C16H26BrNO2/c1-5-9-18-16(12(2)8-10-19-3)13-6-7-15(20-4)14(17)11-13/h6-7,11-12,16,18H,5,8-10H2,1-4H3. The van der Waals surface area contributed by atoms with Crippen LogP contribution in [0.1, 0.15) is 38.3 Å². The summed E-state index contributed by atoms with van der Waals surface area (Å²) in [6.07, 6.45) is 2.17. The van der Waals surface area contributed by atoms with Crippen molar-refractivity contribution in [3.8, 4) is 5.75 Å². The highest BCUT2D eigenvalue weighted by Crippen LogP contribution is 2.31. The molecule has 20 heavy (non-hydrogen) atoms. The lowest BCUT2D eigenvalue weighted by Gasteiger charge is -2.26. The highest BCUT2D eigenvalue weighted by atomic mass is 79.9. The van der Waals surface area contributed by atoms with E-state index in [1.807, 2.05) is 6.07 Å². The Labute approximate surface area is 131 Å². The van der Waals surface area contributed by atoms with E-state index in [4.69, 9.17) is 9.47 Å². The number of hydrogen-bond donors (Lipinski definition) is 1. The predicted octanol–water partition coefficient (Wildman–Crippen LogP) is 4.17. The molecule has 0 saturated heterocycles. The van der Waals surface area contributed by atoms with Crippen molar-refractivity contribution in [3.63, 3.8) is 0 Å². The van der Waals surface area contributed by atoms with Gasteiger partial charge in [0, 0.05) is 19.8 Å². The Balaban J connectivity index is 2.88. The zero-order valence-electron chi connectivity index (χ0n) is 12.9. The SMILES string of the molecule is CCCNC(c1ccc(OC)c(Br)c1)C(C)CCOC. The summed E-state index contributed by atoms with van der Waals surface area (Å²) >= 11 is 3.57. The van der Waals surface area contributed by atoms with E-state index in [0.717, 1.165) is 36.2 Å². The van der Waals surface area contributed by atoms with Crippen molar-refractivity contribution in [2.45, 2.75) is 32.7 Å². The van der Waals surface area contributed by atoms with Crippen LogP contribution in [0, 0.1) is 5.92 Å². The number of benzene rings is 1. The second kappa shape index (κ2) is 9.37. The summed E-state index contributed by atoms with van der Waals surface area (Å²) in [6, 6.07) is 6.64. The van der Waals surface area contributed by atoms with Gasteiger partial charge in [0.25, 0.3) is 0 Å². The fourth-order valence-corrected chi connectivity index (χ4v) is 2.85. The zero-order valence-corrected chi connectivity index (χ0v) is 14.5. The summed E-state index contributed by atoms with van der Waals surface area (Å²) in [5.41, 5.74) is 1.29. The molecule has 0 heterocycles. The van der Waals surface area contributed by atoms with Gasteiger partial charge in [-0.2, -0.15) is 0 Å². The smallest absolute Gasteiger partial charge is 0.133 e. The average molecular weight is 344 g/mol. The lowest BCUT2D eigenvalue weighted by atomic mass is 9.92. The Kier molecular flexibility index (Phi) is 8.19. The van der Waals surface area contributed by atoms with Crippen LogP contribution < -0.4 is 10.1 Å². The third-order valence-electron chi connectivity index (χ3n) is 3.50. The molecule has 0 saturated carbocycles. The second-order valence-electron chi connectivity index (χ2n) is 5.08. The molecule has 0 aliphatic carbocycles. The van der Waals surface area contributed by atoms with Crippen LogP contribution in [0.3, 0.4) is 0 Å². The van der Waals surface area contributed by atoms with Gasteiger partial charge in [0.05, 0.1) is 11.6 Å². The topological polar surface area (TPSA) is 30.5 Å². The molecule has 3 nitrogen and oxygen atoms in total. The normalized spacial score (nSPS) is 14.1. The van der Waals surface area contributed by atoms with Gasteiger partial charge >= 0.3 is 0 Å². The number of ether oxygens (including phenoxy) is 2. The van der Waals surface area contributed by atoms with Crippen LogP contribution in [-0.4, -0.2) is 27.4 Å². The van der Waals surface area contributed by atoms with Gasteiger partial charge in [-0.15, -0.1) is 0 Å². The van der Waals surface area contributed by atoms with Crippen LogP contribution >= 0.6 is 15.9 Å². The van der Waals surface area contributed by atoms with Crippen molar-refractivity contribution in [2.75, 3.05) is 27.4 Å². The van der Waals surface area contributed by atoms with E-state index in [9.17, 15) is 0 Å². The Bertz CT molecular complexity index is 398. The molecule has 2 atom stereocenters. The van der Waals surface area contributed by atoms with Crippen LogP contribution in [0.2, 0.25) is 0 Å². The van der Waals surface area contributed by atoms with Crippen molar-refractivity contribution in [1.29, 1.82) is 0 Å². The first-order valence-corrected chi connectivity index (χ1v) is 7.99. The van der Waals surface area contributed by atoms with Gasteiger partial charge in [-0.3, -0.25) is 0 Å². The molecule has 0 aliphatic heterocycles. The number of nitrogens with one attached hydrogen (secondary N) is 1. The van der Waals surface area contributed by atoms with Gasteiger partial charge in [-0.1, -0.05) is 19.9 Å². The molecular formula is C16H26BrNO2. The van der Waals surface area contributed by atoms with Gasteiger partial charge in [0.15, 0.2) is 0 Å². The third kappa shape index (κ3) is 5.08. The zero-order chi connectivity index (χ0) is 15.0. The quantitative estimate of drug-likeness (QED) is 0.729. The second-order valence-corrected chi connectivity index (χ2v) is 5.94. The van der Waals surface area contributed by atoms with Gasteiger partial charge < -0.3 is 14.8 Å². The summed E-state index contributed by atoms with van der Waals surface area (Å²) in [7, 11) is 3.44. The van der Waals surface area contributed by atoms with Gasteiger partial charge in [-0.25, -0.2) is 0 Å². The first-order chi connectivity index (χ1) is 9.63. The summed E-state index contributed by atoms with van der Waals surface area (Å²) in [4.78, 5) is 0. The lowest BCUT2D eigenvalue weighted by molar-refractivity contribution is 0.170. The highest BCUT2D eigenvalue weighted by Gasteiger charge is 2.19. The molecule has 0 radical (unpaired) electrons. The minimum atomic E-state index is 0.340. The van der Waals surface area contributed by atoms with E-state index in [1.165, 1.54) is 5.56 Å². The molecule has 0 bridgehead atoms. The fourth-order valence-electron chi connectivity index (χ4n) is 2.29. The van der Waals surface area contributed by atoms with Crippen molar-refractivity contribution in [1.82, 2.24) is 5.32 Å². The summed E-state index contributed by atoms with van der Waals surface area (Å²) in [5, 5.41) is 3.64. The maximum Gasteiger partial charge on any atom is 0.133 e. The number of halogens is 1. The highest BCUT2D eigenvalue weighted by molar-refractivity contribution is 9.10. The first kappa shape index (κ1) is 17.5. The van der Waals surface area contributed by atoms with Crippen LogP contribution in [0.25, 0.3) is 0 Å². The van der Waals surface area contributed by atoms with E-state index >= 15 is 0 Å². The van der Waals surface area contributed by atoms with Crippen LogP contribution in [0.5, 0.6) is 5.75 Å². The first-order valence-electron chi connectivity index (χ1n) is 7.19. The molecule has 0 aromatic heterocycles. The van der Waals surface area contributed by atoms with Gasteiger partial charge in [0.2, 0.25) is 0 Å². The molecule has 1 aromatic carbocycles. The van der Waals surface area contributed by atoms with E-state index in [1.54, 1.807) is 14.2 Å². The molecule has 1 N–H and O–H groups in total. The molecule has 0 aliphatic rings. The monoisotopic (exact) mass is 343 g/mol. The van der Waals surface area contributed by atoms with Crippen molar-refractivity contribution < 1.29 is 9.47 Å². The molecule has 0 amide bonds. The van der Waals surface area contributed by atoms with E-state index in [2.05, 4.69) is 47.2 Å². The van der Waals surface area contributed by atoms with Crippen LogP contribution in [-0.2, 0) is 4.74 Å². The maximum atomic E-state index is 5.30. The number of methoxy groups -OCH3 is 2. The number of rotatable bonds is 9. The predicted molar refractivity (Wildman–Crippen MR) is 87.4 cm³/mol. The Morgan fingerprint density at radius 3 is 2.60 bits per heavy atom. The lowest BCUT2D eigenvalue weighted by Crippen LogP contribution is -2.28. The molecule has 4 heteroatoms. The van der Waals surface area contributed by atoms with Gasteiger partial charge in [-0.05, 0) is 58.9 Å². The molecule has 1 rings (SSSR count). The van der Waals surface area contributed by atoms with Crippen LogP contribution in [0.4, 0.5) is 0 Å². The Morgan fingerprint density at radius 1 is 1.30 bits per heavy atom. The molecule has 2 unspecified atom stereocenters. The number of hydrogen-bond acceptors (Lipinski definition) is 3. The van der Waals surface area contributed by atoms with E-state index in [0.29, 0.717) is 12.0 Å². The average Bonchev–Trinajstić information content (AvgIpc) is 2.45. The Hall–Kier alpha value is -0.580. The molecule has 0 spiro atoms. The Morgan fingerprint density at radius 2 is 2.05 bits per heavy atom. The third-order valence-corrected chi connectivity index (χ3v) is 4.12. The molecule has 1 aromatic rings. The van der Waals surface area contributed by atoms with Crippen molar-refractivity contribution in [2.24, 2.45) is 5.92 Å².